The summed E-state index contributed by atoms with van der Waals surface area (Å²) in [4.78, 5) is 26.7. The van der Waals surface area contributed by atoms with Crippen LogP contribution in [-0.4, -0.2) is 19.6 Å². The molecule has 0 aliphatic heterocycles. The zero-order valence-electron chi connectivity index (χ0n) is 14.6. The Morgan fingerprint density at radius 1 is 1.33 bits per heavy atom. The third-order valence-electron chi connectivity index (χ3n) is 4.01. The first-order valence-corrected chi connectivity index (χ1v) is 8.11. The van der Waals surface area contributed by atoms with Crippen molar-refractivity contribution in [3.8, 4) is 17.5 Å². The van der Waals surface area contributed by atoms with E-state index >= 15 is 0 Å². The highest BCUT2D eigenvalue weighted by atomic mass is 16.6. The molecule has 0 amide bonds. The van der Waals surface area contributed by atoms with E-state index in [0.717, 1.165) is 22.4 Å². The van der Waals surface area contributed by atoms with Crippen molar-refractivity contribution in [2.24, 2.45) is 0 Å². The number of hydrogen-bond donors (Lipinski definition) is 0. The zero-order valence-corrected chi connectivity index (χ0v) is 14.6. The second-order valence-electron chi connectivity index (χ2n) is 6.20. The standard InChI is InChI=1S/C18H15N5O4/c1-11(2)12-3-5-13(6-4-12)17-20-16(27-21-17)10-22-9-15(23(25)26)7-14(8-19)18(22)24/h3-7,9,11H,10H2,1-2H3. The zero-order chi connectivity index (χ0) is 19.6. The number of rotatable bonds is 5. The number of nitro groups is 1. The topological polar surface area (TPSA) is 128 Å². The smallest absolute Gasteiger partial charge is 0.287 e. The predicted molar refractivity (Wildman–Crippen MR) is 95.0 cm³/mol. The number of hydrogen-bond acceptors (Lipinski definition) is 7. The van der Waals surface area contributed by atoms with Crippen molar-refractivity contribution in [3.05, 3.63) is 74.0 Å². The molecule has 2 aromatic heterocycles. The van der Waals surface area contributed by atoms with E-state index in [0.29, 0.717) is 11.7 Å². The SMILES string of the molecule is CC(C)c1ccc(-c2noc(Cn3cc([N+](=O)[O-])cc(C#N)c3=O)n2)cc1. The molecule has 0 atom stereocenters. The van der Waals surface area contributed by atoms with Gasteiger partial charge >= 0.3 is 0 Å². The van der Waals surface area contributed by atoms with Gasteiger partial charge in [0.05, 0.1) is 11.1 Å². The van der Waals surface area contributed by atoms with Crippen LogP contribution >= 0.6 is 0 Å². The average molecular weight is 365 g/mol. The van der Waals surface area contributed by atoms with Gasteiger partial charge in [0.1, 0.15) is 18.2 Å². The van der Waals surface area contributed by atoms with Crippen molar-refractivity contribution in [2.75, 3.05) is 0 Å². The second kappa shape index (κ2) is 7.21. The Morgan fingerprint density at radius 2 is 2.04 bits per heavy atom. The maximum Gasteiger partial charge on any atom is 0.287 e. The Balaban J connectivity index is 1.90. The molecule has 0 saturated heterocycles. The lowest BCUT2D eigenvalue weighted by Gasteiger charge is -2.04. The van der Waals surface area contributed by atoms with E-state index in [1.807, 2.05) is 24.3 Å². The Kier molecular flexibility index (Phi) is 4.81. The Bertz CT molecular complexity index is 1090. The summed E-state index contributed by atoms with van der Waals surface area (Å²) < 4.78 is 6.17. The lowest BCUT2D eigenvalue weighted by atomic mass is 10.0. The largest absolute Gasteiger partial charge is 0.337 e. The third-order valence-corrected chi connectivity index (χ3v) is 4.01. The minimum absolute atomic E-state index is 0.101. The summed E-state index contributed by atoms with van der Waals surface area (Å²) in [5.41, 5.74) is 0.570. The molecule has 136 valence electrons. The molecule has 0 unspecified atom stereocenters. The molecule has 0 fully saturated rings. The molecule has 0 saturated carbocycles. The minimum Gasteiger partial charge on any atom is -0.337 e. The van der Waals surface area contributed by atoms with Gasteiger partial charge in [-0.15, -0.1) is 0 Å². The summed E-state index contributed by atoms with van der Waals surface area (Å²) in [5.74, 6) is 0.846. The van der Waals surface area contributed by atoms with E-state index in [2.05, 4.69) is 24.0 Å². The van der Waals surface area contributed by atoms with Crippen molar-refractivity contribution in [1.29, 1.82) is 5.26 Å². The fourth-order valence-corrected chi connectivity index (χ4v) is 2.52. The summed E-state index contributed by atoms with van der Waals surface area (Å²) in [6, 6.07) is 10.3. The highest BCUT2D eigenvalue weighted by Gasteiger charge is 2.16. The Labute approximate surface area is 153 Å². The fourth-order valence-electron chi connectivity index (χ4n) is 2.52. The lowest BCUT2D eigenvalue weighted by Crippen LogP contribution is -2.23. The van der Waals surface area contributed by atoms with Crippen LogP contribution in [0.1, 0.15) is 36.8 Å². The normalized spacial score (nSPS) is 10.7. The van der Waals surface area contributed by atoms with Crippen LogP contribution in [0.3, 0.4) is 0 Å². The van der Waals surface area contributed by atoms with Crippen LogP contribution < -0.4 is 5.56 Å². The monoisotopic (exact) mass is 365 g/mol. The highest BCUT2D eigenvalue weighted by Crippen LogP contribution is 2.21. The van der Waals surface area contributed by atoms with Crippen LogP contribution in [-0.2, 0) is 6.54 Å². The van der Waals surface area contributed by atoms with Crippen molar-refractivity contribution in [3.63, 3.8) is 0 Å². The number of nitriles is 1. The van der Waals surface area contributed by atoms with Crippen molar-refractivity contribution in [2.45, 2.75) is 26.3 Å². The van der Waals surface area contributed by atoms with E-state index < -0.39 is 10.5 Å². The molecule has 0 bridgehead atoms. The van der Waals surface area contributed by atoms with Gasteiger partial charge in [0.25, 0.3) is 11.2 Å². The van der Waals surface area contributed by atoms with E-state index in [1.165, 1.54) is 5.56 Å². The average Bonchev–Trinajstić information content (AvgIpc) is 3.11. The van der Waals surface area contributed by atoms with E-state index in [4.69, 9.17) is 9.78 Å². The molecule has 0 radical (unpaired) electrons. The number of pyridine rings is 1. The van der Waals surface area contributed by atoms with Gasteiger partial charge in [0, 0.05) is 11.6 Å². The summed E-state index contributed by atoms with van der Waals surface area (Å²) in [6.07, 6.45) is 1.05. The molecule has 0 N–H and O–H groups in total. The molecular weight excluding hydrogens is 350 g/mol. The van der Waals surface area contributed by atoms with Crippen LogP contribution in [0.4, 0.5) is 5.69 Å². The van der Waals surface area contributed by atoms with Gasteiger partial charge in [-0.05, 0) is 11.5 Å². The molecule has 0 aliphatic carbocycles. The maximum atomic E-state index is 12.2. The van der Waals surface area contributed by atoms with Gasteiger partial charge in [-0.25, -0.2) is 0 Å². The van der Waals surface area contributed by atoms with Crippen LogP contribution in [0.25, 0.3) is 11.4 Å². The molecule has 0 aliphatic rings. The van der Waals surface area contributed by atoms with Crippen LogP contribution in [0, 0.1) is 21.4 Å². The molecule has 2 heterocycles. The van der Waals surface area contributed by atoms with E-state index in [-0.39, 0.29) is 23.7 Å². The predicted octanol–water partition coefficient (Wildman–Crippen LogP) is 2.85. The lowest BCUT2D eigenvalue weighted by molar-refractivity contribution is -0.385. The highest BCUT2D eigenvalue weighted by molar-refractivity contribution is 5.54. The second-order valence-corrected chi connectivity index (χ2v) is 6.20. The quantitative estimate of drug-likeness (QED) is 0.502. The summed E-state index contributed by atoms with van der Waals surface area (Å²) in [7, 11) is 0. The van der Waals surface area contributed by atoms with E-state index in [9.17, 15) is 14.9 Å². The van der Waals surface area contributed by atoms with Gasteiger partial charge in [-0.2, -0.15) is 10.2 Å². The molecule has 0 spiro atoms. The van der Waals surface area contributed by atoms with Crippen molar-refractivity contribution < 1.29 is 9.45 Å². The van der Waals surface area contributed by atoms with Gasteiger partial charge in [0.15, 0.2) is 0 Å². The number of aromatic nitrogens is 3. The summed E-state index contributed by atoms with van der Waals surface area (Å²) in [6.45, 7) is 4.01. The number of nitrogens with zero attached hydrogens (tertiary/aromatic N) is 5. The molecule has 9 nitrogen and oxygen atoms in total. The molecule has 9 heteroatoms. The molecule has 27 heavy (non-hydrogen) atoms. The fraction of sp³-hybridized carbons (Fsp3) is 0.222. The maximum absolute atomic E-state index is 12.2. The number of benzene rings is 1. The Morgan fingerprint density at radius 3 is 2.63 bits per heavy atom. The first kappa shape index (κ1) is 18.0. The van der Waals surface area contributed by atoms with Gasteiger partial charge < -0.3 is 4.52 Å². The molecule has 1 aromatic carbocycles. The van der Waals surface area contributed by atoms with Gasteiger partial charge in [0.2, 0.25) is 11.7 Å². The van der Waals surface area contributed by atoms with Crippen molar-refractivity contribution >= 4 is 5.69 Å². The summed E-state index contributed by atoms with van der Waals surface area (Å²) in [5, 5.41) is 23.9. The first-order chi connectivity index (χ1) is 12.9. The molecular formula is C18H15N5O4. The van der Waals surface area contributed by atoms with Gasteiger partial charge in [-0.3, -0.25) is 19.5 Å². The third kappa shape index (κ3) is 3.74. The van der Waals surface area contributed by atoms with Crippen LogP contribution in [0.15, 0.2) is 45.8 Å². The molecule has 3 rings (SSSR count). The van der Waals surface area contributed by atoms with E-state index in [1.54, 1.807) is 6.07 Å². The van der Waals surface area contributed by atoms with Crippen molar-refractivity contribution in [1.82, 2.24) is 14.7 Å². The van der Waals surface area contributed by atoms with Crippen LogP contribution in [0.2, 0.25) is 0 Å². The molecule has 3 aromatic rings. The summed E-state index contributed by atoms with van der Waals surface area (Å²) >= 11 is 0. The van der Waals surface area contributed by atoms with Gasteiger partial charge in [-0.1, -0.05) is 43.3 Å². The van der Waals surface area contributed by atoms with Crippen LogP contribution in [0.5, 0.6) is 0 Å². The Hall–Kier alpha value is -3.80. The minimum atomic E-state index is -0.674. The first-order valence-electron chi connectivity index (χ1n) is 8.11.